The zero-order chi connectivity index (χ0) is 14.0. The van der Waals surface area contributed by atoms with Gasteiger partial charge in [0.05, 0.1) is 10.7 Å². The highest BCUT2D eigenvalue weighted by atomic mass is 35.5. The molecule has 0 saturated carbocycles. The van der Waals surface area contributed by atoms with Crippen molar-refractivity contribution in [3.63, 3.8) is 0 Å². The van der Waals surface area contributed by atoms with E-state index in [1.165, 1.54) is 24.3 Å². The molecule has 2 N–H and O–H groups in total. The summed E-state index contributed by atoms with van der Waals surface area (Å²) in [6.45, 7) is 0. The van der Waals surface area contributed by atoms with Crippen molar-refractivity contribution in [2.75, 3.05) is 5.73 Å². The van der Waals surface area contributed by atoms with Crippen LogP contribution in [0.15, 0.2) is 36.4 Å². The smallest absolute Gasteiger partial charge is 0.167 e. The van der Waals surface area contributed by atoms with Crippen molar-refractivity contribution in [3.05, 3.63) is 64.2 Å². The molecule has 2 aromatic carbocycles. The standard InChI is InChI=1S/C14H10ClF2NO/c15-14-9(2-1-3-10(14)16)7-13(19)8-4-5-12(18)11(17)6-8/h1-6H,7,18H2. The fraction of sp³-hybridized carbons (Fsp3) is 0.0714. The van der Waals surface area contributed by atoms with E-state index in [1.807, 2.05) is 0 Å². The average Bonchev–Trinajstić information content (AvgIpc) is 2.38. The first-order chi connectivity index (χ1) is 8.99. The number of rotatable bonds is 3. The third-order valence-corrected chi connectivity index (χ3v) is 3.13. The van der Waals surface area contributed by atoms with Gasteiger partial charge in [-0.1, -0.05) is 23.7 Å². The van der Waals surface area contributed by atoms with Gasteiger partial charge in [-0.3, -0.25) is 4.79 Å². The molecule has 0 aliphatic rings. The highest BCUT2D eigenvalue weighted by Crippen LogP contribution is 2.22. The zero-order valence-electron chi connectivity index (χ0n) is 9.79. The average molecular weight is 282 g/mol. The predicted octanol–water partition coefficient (Wildman–Crippen LogP) is 3.63. The topological polar surface area (TPSA) is 43.1 Å². The Balaban J connectivity index is 2.26. The quantitative estimate of drug-likeness (QED) is 0.690. The summed E-state index contributed by atoms with van der Waals surface area (Å²) in [6, 6.07) is 8.03. The Morgan fingerprint density at radius 3 is 2.58 bits per heavy atom. The summed E-state index contributed by atoms with van der Waals surface area (Å²) in [5.74, 6) is -1.60. The second kappa shape index (κ2) is 5.36. The molecule has 0 atom stereocenters. The van der Waals surface area contributed by atoms with E-state index in [2.05, 4.69) is 0 Å². The summed E-state index contributed by atoms with van der Waals surface area (Å²) in [7, 11) is 0. The predicted molar refractivity (Wildman–Crippen MR) is 70.3 cm³/mol. The maximum Gasteiger partial charge on any atom is 0.167 e. The van der Waals surface area contributed by atoms with Crippen LogP contribution >= 0.6 is 11.6 Å². The van der Waals surface area contributed by atoms with Gasteiger partial charge < -0.3 is 5.73 Å². The van der Waals surface area contributed by atoms with Crippen molar-refractivity contribution in [2.24, 2.45) is 0 Å². The van der Waals surface area contributed by atoms with Crippen molar-refractivity contribution in [2.45, 2.75) is 6.42 Å². The summed E-state index contributed by atoms with van der Waals surface area (Å²) in [5, 5.41) is -0.0910. The van der Waals surface area contributed by atoms with Crippen LogP contribution in [0, 0.1) is 11.6 Å². The molecule has 2 aromatic rings. The fourth-order valence-corrected chi connectivity index (χ4v) is 1.85. The highest BCUT2D eigenvalue weighted by Gasteiger charge is 2.13. The molecule has 0 aromatic heterocycles. The second-order valence-corrected chi connectivity index (χ2v) is 4.43. The largest absolute Gasteiger partial charge is 0.396 e. The molecule has 0 heterocycles. The van der Waals surface area contributed by atoms with Gasteiger partial charge >= 0.3 is 0 Å². The van der Waals surface area contributed by atoms with Gasteiger partial charge in [0.1, 0.15) is 11.6 Å². The lowest BCUT2D eigenvalue weighted by Crippen LogP contribution is -2.06. The van der Waals surface area contributed by atoms with Gasteiger partial charge in [-0.2, -0.15) is 0 Å². The minimum absolute atomic E-state index is 0.0275. The Hall–Kier alpha value is -1.94. The molecule has 2 rings (SSSR count). The minimum atomic E-state index is -0.656. The van der Waals surface area contributed by atoms with E-state index < -0.39 is 11.6 Å². The summed E-state index contributed by atoms with van der Waals surface area (Å²) in [6.07, 6.45) is -0.0973. The maximum atomic E-state index is 13.3. The Kier molecular flexibility index (Phi) is 3.81. The zero-order valence-corrected chi connectivity index (χ0v) is 10.5. The highest BCUT2D eigenvalue weighted by molar-refractivity contribution is 6.31. The van der Waals surface area contributed by atoms with Crippen LogP contribution < -0.4 is 5.73 Å². The first kappa shape index (κ1) is 13.5. The molecule has 0 spiro atoms. The number of halogens is 3. The van der Waals surface area contributed by atoms with Crippen molar-refractivity contribution in [1.29, 1.82) is 0 Å². The molecular weight excluding hydrogens is 272 g/mol. The van der Waals surface area contributed by atoms with E-state index in [0.717, 1.165) is 6.07 Å². The van der Waals surface area contributed by atoms with Crippen LogP contribution in [0.4, 0.5) is 14.5 Å². The summed E-state index contributed by atoms with van der Waals surface area (Å²) < 4.78 is 26.5. The summed E-state index contributed by atoms with van der Waals surface area (Å²) in [5.41, 5.74) is 5.84. The molecule has 0 unspecified atom stereocenters. The number of nitrogen functional groups attached to an aromatic ring is 1. The number of anilines is 1. The van der Waals surface area contributed by atoms with Gasteiger partial charge in [0.15, 0.2) is 5.78 Å². The molecule has 19 heavy (non-hydrogen) atoms. The Labute approximate surface area is 113 Å². The van der Waals surface area contributed by atoms with E-state index in [0.29, 0.717) is 5.56 Å². The SMILES string of the molecule is Nc1ccc(C(=O)Cc2cccc(F)c2Cl)cc1F. The summed E-state index contributed by atoms with van der Waals surface area (Å²) in [4.78, 5) is 12.0. The fourth-order valence-electron chi connectivity index (χ4n) is 1.66. The number of carbonyl (C=O) groups excluding carboxylic acids is 1. The number of nitrogens with two attached hydrogens (primary N) is 1. The van der Waals surface area contributed by atoms with Gasteiger partial charge in [-0.15, -0.1) is 0 Å². The third kappa shape index (κ3) is 2.90. The Morgan fingerprint density at radius 2 is 1.89 bits per heavy atom. The molecule has 5 heteroatoms. The number of hydrogen-bond donors (Lipinski definition) is 1. The van der Waals surface area contributed by atoms with Crippen LogP contribution in [0.3, 0.4) is 0 Å². The molecule has 0 saturated heterocycles. The third-order valence-electron chi connectivity index (χ3n) is 2.71. The maximum absolute atomic E-state index is 13.3. The molecule has 0 aliphatic heterocycles. The van der Waals surface area contributed by atoms with Crippen LogP contribution in [0.25, 0.3) is 0 Å². The van der Waals surface area contributed by atoms with E-state index >= 15 is 0 Å². The van der Waals surface area contributed by atoms with Crippen LogP contribution in [0.1, 0.15) is 15.9 Å². The van der Waals surface area contributed by atoms with E-state index in [9.17, 15) is 13.6 Å². The molecule has 0 amide bonds. The van der Waals surface area contributed by atoms with Crippen LogP contribution in [-0.4, -0.2) is 5.78 Å². The van der Waals surface area contributed by atoms with Gasteiger partial charge in [-0.25, -0.2) is 8.78 Å². The van der Waals surface area contributed by atoms with Crippen molar-refractivity contribution < 1.29 is 13.6 Å². The molecular formula is C14H10ClF2NO. The van der Waals surface area contributed by atoms with Crippen molar-refractivity contribution in [1.82, 2.24) is 0 Å². The monoisotopic (exact) mass is 281 g/mol. The number of ketones is 1. The first-order valence-electron chi connectivity index (χ1n) is 5.50. The molecule has 0 fully saturated rings. The lowest BCUT2D eigenvalue weighted by molar-refractivity contribution is 0.0992. The Bertz CT molecular complexity index is 643. The molecule has 0 radical (unpaired) electrons. The van der Waals surface area contributed by atoms with Gasteiger partial charge in [-0.05, 0) is 29.8 Å². The normalized spacial score (nSPS) is 10.5. The molecule has 98 valence electrons. The van der Waals surface area contributed by atoms with Crippen LogP contribution in [0.5, 0.6) is 0 Å². The Morgan fingerprint density at radius 1 is 1.16 bits per heavy atom. The number of hydrogen-bond acceptors (Lipinski definition) is 2. The van der Waals surface area contributed by atoms with E-state index in [1.54, 1.807) is 6.07 Å². The van der Waals surface area contributed by atoms with Crippen molar-refractivity contribution in [3.8, 4) is 0 Å². The minimum Gasteiger partial charge on any atom is -0.396 e. The van der Waals surface area contributed by atoms with Gasteiger partial charge in [0.25, 0.3) is 0 Å². The summed E-state index contributed by atoms with van der Waals surface area (Å²) >= 11 is 5.76. The lowest BCUT2D eigenvalue weighted by atomic mass is 10.0. The van der Waals surface area contributed by atoms with Crippen LogP contribution in [0.2, 0.25) is 5.02 Å². The van der Waals surface area contributed by atoms with Crippen LogP contribution in [-0.2, 0) is 6.42 Å². The molecule has 0 bridgehead atoms. The second-order valence-electron chi connectivity index (χ2n) is 4.05. The number of Topliss-reactive ketones (excluding diaryl/α,β-unsaturated/α-hetero) is 1. The van der Waals surface area contributed by atoms with Gasteiger partial charge in [0, 0.05) is 12.0 Å². The number of carbonyl (C=O) groups is 1. The van der Waals surface area contributed by atoms with Crippen molar-refractivity contribution >= 4 is 23.1 Å². The molecule has 0 aliphatic carbocycles. The molecule has 2 nitrogen and oxygen atoms in total. The van der Waals surface area contributed by atoms with Gasteiger partial charge in [0.2, 0.25) is 0 Å². The first-order valence-corrected chi connectivity index (χ1v) is 5.88. The van der Waals surface area contributed by atoms with E-state index in [-0.39, 0.29) is 28.5 Å². The number of benzene rings is 2. The lowest BCUT2D eigenvalue weighted by Gasteiger charge is -2.05. The van der Waals surface area contributed by atoms with E-state index in [4.69, 9.17) is 17.3 Å².